The summed E-state index contributed by atoms with van der Waals surface area (Å²) in [5, 5.41) is 5.30. The number of aromatic nitrogens is 2. The molecule has 1 aliphatic heterocycles. The molecule has 1 saturated heterocycles. The summed E-state index contributed by atoms with van der Waals surface area (Å²) in [6, 6.07) is 10.6. The number of fused-ring (bicyclic) bond motifs is 1. The highest BCUT2D eigenvalue weighted by Gasteiger charge is 2.30. The number of hydrogen-bond acceptors (Lipinski definition) is 7. The summed E-state index contributed by atoms with van der Waals surface area (Å²) >= 11 is 0. The highest BCUT2D eigenvalue weighted by Crippen LogP contribution is 2.24. The van der Waals surface area contributed by atoms with Crippen LogP contribution in [-0.2, 0) is 25.5 Å². The van der Waals surface area contributed by atoms with Gasteiger partial charge in [-0.05, 0) is 63.9 Å². The Bertz CT molecular complexity index is 1480. The van der Waals surface area contributed by atoms with Crippen LogP contribution in [-0.4, -0.2) is 38.8 Å². The second kappa shape index (κ2) is 9.96. The van der Waals surface area contributed by atoms with Gasteiger partial charge in [0.2, 0.25) is 17.7 Å². The van der Waals surface area contributed by atoms with Crippen molar-refractivity contribution in [1.82, 2.24) is 14.9 Å². The molecule has 0 bridgehead atoms. The molecule has 2 aromatic carbocycles. The van der Waals surface area contributed by atoms with Gasteiger partial charge in [0.1, 0.15) is 23.0 Å². The number of amides is 3. The summed E-state index contributed by atoms with van der Waals surface area (Å²) in [5.41, 5.74) is 0.534. The van der Waals surface area contributed by atoms with Crippen molar-refractivity contribution in [2.24, 2.45) is 0 Å². The fourth-order valence-electron chi connectivity index (χ4n) is 4.25. The lowest BCUT2D eigenvalue weighted by Crippen LogP contribution is -2.45. The minimum absolute atomic E-state index is 0.0145. The molecular formula is C27H28N4O6. The summed E-state index contributed by atoms with van der Waals surface area (Å²) < 4.78 is 6.68. The molecule has 37 heavy (non-hydrogen) atoms. The van der Waals surface area contributed by atoms with Gasteiger partial charge in [-0.3, -0.25) is 29.1 Å². The SMILES string of the molecule is Cc1nc2c(NC(=O)Cc3cccc(C(=O)OC(C)(C)C)c3)cccc2c(=O)n1C1CCC(=O)NC1=O. The Morgan fingerprint density at radius 3 is 2.57 bits per heavy atom. The summed E-state index contributed by atoms with van der Waals surface area (Å²) in [5.74, 6) is -1.46. The van der Waals surface area contributed by atoms with Crippen molar-refractivity contribution in [2.75, 3.05) is 5.32 Å². The molecule has 1 aliphatic rings. The number of ether oxygens (including phenoxy) is 1. The van der Waals surface area contributed by atoms with Gasteiger partial charge in [0.05, 0.1) is 23.1 Å². The molecule has 0 spiro atoms. The first-order chi connectivity index (χ1) is 17.4. The third kappa shape index (κ3) is 5.74. The van der Waals surface area contributed by atoms with Gasteiger partial charge in [-0.25, -0.2) is 9.78 Å². The number of rotatable bonds is 5. The lowest BCUT2D eigenvalue weighted by atomic mass is 10.1. The fraction of sp³-hybridized carbons (Fsp3) is 0.333. The van der Waals surface area contributed by atoms with E-state index in [1.807, 2.05) is 0 Å². The monoisotopic (exact) mass is 504 g/mol. The molecule has 1 aromatic heterocycles. The molecule has 192 valence electrons. The highest BCUT2D eigenvalue weighted by molar-refractivity contribution is 6.02. The lowest BCUT2D eigenvalue weighted by molar-refractivity contribution is -0.135. The number of nitrogens with zero attached hydrogens (tertiary/aromatic N) is 2. The molecule has 2 heterocycles. The highest BCUT2D eigenvalue weighted by atomic mass is 16.6. The molecule has 4 rings (SSSR count). The van der Waals surface area contributed by atoms with Crippen LogP contribution in [0.15, 0.2) is 47.3 Å². The van der Waals surface area contributed by atoms with Crippen molar-refractivity contribution in [3.63, 3.8) is 0 Å². The van der Waals surface area contributed by atoms with Crippen molar-refractivity contribution < 1.29 is 23.9 Å². The smallest absolute Gasteiger partial charge is 0.338 e. The first-order valence-electron chi connectivity index (χ1n) is 11.9. The van der Waals surface area contributed by atoms with Crippen LogP contribution in [0.4, 0.5) is 5.69 Å². The van der Waals surface area contributed by atoms with Crippen LogP contribution < -0.4 is 16.2 Å². The number of nitrogens with one attached hydrogen (secondary N) is 2. The zero-order chi connectivity index (χ0) is 26.9. The second-order valence-electron chi connectivity index (χ2n) is 9.93. The van der Waals surface area contributed by atoms with Gasteiger partial charge in [-0.15, -0.1) is 0 Å². The van der Waals surface area contributed by atoms with Gasteiger partial charge in [-0.2, -0.15) is 0 Å². The number of benzene rings is 2. The topological polar surface area (TPSA) is 136 Å². The number of carbonyl (C=O) groups is 4. The molecule has 10 nitrogen and oxygen atoms in total. The predicted octanol–water partition coefficient (Wildman–Crippen LogP) is 2.82. The van der Waals surface area contributed by atoms with Gasteiger partial charge in [0, 0.05) is 6.42 Å². The largest absolute Gasteiger partial charge is 0.456 e. The van der Waals surface area contributed by atoms with Crippen molar-refractivity contribution in [1.29, 1.82) is 0 Å². The third-order valence-electron chi connectivity index (χ3n) is 5.83. The van der Waals surface area contributed by atoms with E-state index in [-0.39, 0.29) is 36.5 Å². The first kappa shape index (κ1) is 25.7. The van der Waals surface area contributed by atoms with Crippen LogP contribution in [0.2, 0.25) is 0 Å². The van der Waals surface area contributed by atoms with E-state index in [1.54, 1.807) is 70.2 Å². The van der Waals surface area contributed by atoms with Crippen LogP contribution in [0.5, 0.6) is 0 Å². The van der Waals surface area contributed by atoms with Gasteiger partial charge in [-0.1, -0.05) is 18.2 Å². The van der Waals surface area contributed by atoms with Gasteiger partial charge in [0.25, 0.3) is 5.56 Å². The Morgan fingerprint density at radius 1 is 1.14 bits per heavy atom. The van der Waals surface area contributed by atoms with E-state index in [1.165, 1.54) is 4.57 Å². The van der Waals surface area contributed by atoms with Crippen molar-refractivity contribution in [3.05, 3.63) is 69.8 Å². The lowest BCUT2D eigenvalue weighted by Gasteiger charge is -2.24. The van der Waals surface area contributed by atoms with Gasteiger partial charge < -0.3 is 10.1 Å². The van der Waals surface area contributed by atoms with E-state index in [0.717, 1.165) is 0 Å². The average molecular weight is 505 g/mol. The molecule has 10 heteroatoms. The van der Waals surface area contributed by atoms with E-state index < -0.39 is 29.1 Å². The van der Waals surface area contributed by atoms with Crippen molar-refractivity contribution >= 4 is 40.3 Å². The van der Waals surface area contributed by atoms with Gasteiger partial charge >= 0.3 is 5.97 Å². The maximum atomic E-state index is 13.3. The Hall–Kier alpha value is -4.34. The minimum atomic E-state index is -0.836. The molecular weight excluding hydrogens is 476 g/mol. The summed E-state index contributed by atoms with van der Waals surface area (Å²) in [6.07, 6.45) is 0.322. The van der Waals surface area contributed by atoms with Crippen molar-refractivity contribution in [2.45, 2.75) is 58.6 Å². The molecule has 3 aromatic rings. The molecule has 2 N–H and O–H groups in total. The molecule has 0 radical (unpaired) electrons. The average Bonchev–Trinajstić information content (AvgIpc) is 2.80. The standard InChI is InChI=1S/C27H28N4O6/c1-15-28-23-18(25(35)31(15)20-11-12-21(32)30-24(20)34)9-6-10-19(23)29-22(33)14-16-7-5-8-17(13-16)26(36)37-27(2,3)4/h5-10,13,20H,11-12,14H2,1-4H3,(H,29,33)(H,30,32,34). The van der Waals surface area contributed by atoms with Crippen LogP contribution in [0, 0.1) is 6.92 Å². The Labute approximate surface area is 213 Å². The van der Waals surface area contributed by atoms with Crippen LogP contribution in [0.3, 0.4) is 0 Å². The van der Waals surface area contributed by atoms with E-state index in [2.05, 4.69) is 15.6 Å². The Kier molecular flexibility index (Phi) is 6.93. The molecule has 1 atom stereocenters. The molecule has 1 fully saturated rings. The summed E-state index contributed by atoms with van der Waals surface area (Å²) in [6.45, 7) is 6.94. The zero-order valence-electron chi connectivity index (χ0n) is 21.1. The molecule has 0 aliphatic carbocycles. The normalized spacial score (nSPS) is 15.8. The number of para-hydroxylation sites is 1. The second-order valence-corrected chi connectivity index (χ2v) is 9.93. The summed E-state index contributed by atoms with van der Waals surface area (Å²) in [4.78, 5) is 66.9. The number of esters is 1. The van der Waals surface area contributed by atoms with Gasteiger partial charge in [0.15, 0.2) is 0 Å². The maximum Gasteiger partial charge on any atom is 0.338 e. The van der Waals surface area contributed by atoms with E-state index in [9.17, 15) is 24.0 Å². The Morgan fingerprint density at radius 2 is 1.86 bits per heavy atom. The number of anilines is 1. The zero-order valence-corrected chi connectivity index (χ0v) is 21.1. The first-order valence-corrected chi connectivity index (χ1v) is 11.9. The minimum Gasteiger partial charge on any atom is -0.456 e. The molecule has 1 unspecified atom stereocenters. The number of piperidine rings is 1. The quantitative estimate of drug-likeness (QED) is 0.403. The number of carbonyl (C=O) groups excluding carboxylic acids is 4. The number of imide groups is 1. The molecule has 3 amide bonds. The third-order valence-corrected chi connectivity index (χ3v) is 5.83. The predicted molar refractivity (Wildman–Crippen MR) is 136 cm³/mol. The molecule has 0 saturated carbocycles. The van der Waals surface area contributed by atoms with Crippen LogP contribution in [0.25, 0.3) is 10.9 Å². The van der Waals surface area contributed by atoms with E-state index in [0.29, 0.717) is 28.2 Å². The van der Waals surface area contributed by atoms with E-state index in [4.69, 9.17) is 4.74 Å². The van der Waals surface area contributed by atoms with Crippen LogP contribution in [0.1, 0.15) is 61.4 Å². The van der Waals surface area contributed by atoms with Crippen molar-refractivity contribution in [3.8, 4) is 0 Å². The number of aryl methyl sites for hydroxylation is 1. The summed E-state index contributed by atoms with van der Waals surface area (Å²) in [7, 11) is 0. The number of hydrogen-bond donors (Lipinski definition) is 2. The maximum absolute atomic E-state index is 13.3. The Balaban J connectivity index is 1.57. The van der Waals surface area contributed by atoms with Crippen LogP contribution >= 0.6 is 0 Å². The van der Waals surface area contributed by atoms with E-state index >= 15 is 0 Å². The fourth-order valence-corrected chi connectivity index (χ4v) is 4.25.